The van der Waals surface area contributed by atoms with Crippen LogP contribution in [0.5, 0.6) is 0 Å². The summed E-state index contributed by atoms with van der Waals surface area (Å²) in [6, 6.07) is 6.64. The van der Waals surface area contributed by atoms with Gasteiger partial charge in [0.25, 0.3) is 5.91 Å². The monoisotopic (exact) mass is 400 g/mol. The Balaban J connectivity index is 1.88. The molecule has 2 aromatic heterocycles. The number of likely N-dealkylation sites (N-methyl/N-ethyl adjacent to an activating group) is 1. The molecule has 0 aliphatic carbocycles. The maximum atomic E-state index is 12.9. The van der Waals surface area contributed by atoms with E-state index in [1.807, 2.05) is 17.5 Å². The summed E-state index contributed by atoms with van der Waals surface area (Å²) >= 11 is 1.46. The van der Waals surface area contributed by atoms with Crippen LogP contribution in [0.2, 0.25) is 0 Å². The summed E-state index contributed by atoms with van der Waals surface area (Å²) in [6.07, 6.45) is 4.40. The summed E-state index contributed by atoms with van der Waals surface area (Å²) in [7, 11) is 0. The number of nitrogens with zero attached hydrogens (tertiary/aromatic N) is 2. The standard InChI is InChI=1S/C21H24N2O4S/c1-3-22(4-2)11-12-23-19(17-8-6-14-28-17)18(20(25)21(23)26)16(24)10-9-15-7-5-13-27-15/h5-10,13-14,19,25H,3-4,11-12H2,1-2H3/b10-9+. The first-order valence-corrected chi connectivity index (χ1v) is 10.2. The summed E-state index contributed by atoms with van der Waals surface area (Å²) in [5.74, 6) is -0.831. The molecule has 3 heterocycles. The quantitative estimate of drug-likeness (QED) is 0.650. The summed E-state index contributed by atoms with van der Waals surface area (Å²) in [5, 5.41) is 12.4. The Hall–Kier alpha value is -2.64. The van der Waals surface area contributed by atoms with Crippen molar-refractivity contribution in [2.45, 2.75) is 19.9 Å². The molecule has 3 rings (SSSR count). The average Bonchev–Trinajstić information content (AvgIpc) is 3.44. The van der Waals surface area contributed by atoms with Gasteiger partial charge in [-0.2, -0.15) is 0 Å². The van der Waals surface area contributed by atoms with Crippen molar-refractivity contribution in [1.29, 1.82) is 0 Å². The van der Waals surface area contributed by atoms with Crippen LogP contribution in [0.4, 0.5) is 0 Å². The number of hydrogen-bond acceptors (Lipinski definition) is 6. The Kier molecular flexibility index (Phi) is 6.49. The van der Waals surface area contributed by atoms with Gasteiger partial charge in [-0.1, -0.05) is 19.9 Å². The number of thiophene rings is 1. The lowest BCUT2D eigenvalue weighted by molar-refractivity contribution is -0.129. The number of furan rings is 1. The second-order valence-electron chi connectivity index (χ2n) is 6.42. The van der Waals surface area contributed by atoms with Gasteiger partial charge >= 0.3 is 0 Å². The highest BCUT2D eigenvalue weighted by molar-refractivity contribution is 7.10. The molecule has 1 unspecified atom stereocenters. The van der Waals surface area contributed by atoms with E-state index in [0.717, 1.165) is 18.0 Å². The highest BCUT2D eigenvalue weighted by Crippen LogP contribution is 2.39. The van der Waals surface area contributed by atoms with E-state index in [0.29, 0.717) is 18.8 Å². The van der Waals surface area contributed by atoms with Crippen molar-refractivity contribution < 1.29 is 19.1 Å². The van der Waals surface area contributed by atoms with Gasteiger partial charge in [-0.3, -0.25) is 9.59 Å². The van der Waals surface area contributed by atoms with Gasteiger partial charge in [0.15, 0.2) is 11.5 Å². The molecule has 6 nitrogen and oxygen atoms in total. The molecule has 1 amide bonds. The fraction of sp³-hybridized carbons (Fsp3) is 0.333. The number of rotatable bonds is 9. The molecule has 0 aromatic carbocycles. The van der Waals surface area contributed by atoms with Crippen molar-refractivity contribution >= 4 is 29.1 Å². The van der Waals surface area contributed by atoms with Crippen molar-refractivity contribution in [1.82, 2.24) is 9.80 Å². The van der Waals surface area contributed by atoms with E-state index >= 15 is 0 Å². The summed E-state index contributed by atoms with van der Waals surface area (Å²) < 4.78 is 5.21. The molecule has 1 N–H and O–H groups in total. The van der Waals surface area contributed by atoms with E-state index < -0.39 is 23.5 Å². The lowest BCUT2D eigenvalue weighted by Crippen LogP contribution is -2.38. The topological polar surface area (TPSA) is 74.0 Å². The number of allylic oxidation sites excluding steroid dienone is 1. The van der Waals surface area contributed by atoms with Crippen molar-refractivity contribution in [3.05, 3.63) is 64.0 Å². The Labute approximate surface area is 168 Å². The van der Waals surface area contributed by atoms with E-state index in [2.05, 4.69) is 18.7 Å². The number of hydrogen-bond donors (Lipinski definition) is 1. The zero-order chi connectivity index (χ0) is 20.1. The normalized spacial score (nSPS) is 17.5. The minimum atomic E-state index is -0.572. The Morgan fingerprint density at radius 2 is 2.11 bits per heavy atom. The lowest BCUT2D eigenvalue weighted by Gasteiger charge is -2.28. The first kappa shape index (κ1) is 20.1. The molecule has 0 saturated heterocycles. The van der Waals surface area contributed by atoms with Gasteiger partial charge in [0, 0.05) is 18.0 Å². The van der Waals surface area contributed by atoms with Crippen molar-refractivity contribution in [3.8, 4) is 0 Å². The highest BCUT2D eigenvalue weighted by Gasteiger charge is 2.43. The molecular formula is C21H24N2O4S. The van der Waals surface area contributed by atoms with Gasteiger partial charge < -0.3 is 19.3 Å². The summed E-state index contributed by atoms with van der Waals surface area (Å²) in [4.78, 5) is 30.3. The van der Waals surface area contributed by atoms with E-state index in [1.54, 1.807) is 17.0 Å². The first-order valence-electron chi connectivity index (χ1n) is 9.32. The zero-order valence-electron chi connectivity index (χ0n) is 16.0. The predicted molar refractivity (Wildman–Crippen MR) is 109 cm³/mol. The van der Waals surface area contributed by atoms with Crippen molar-refractivity contribution in [2.24, 2.45) is 0 Å². The minimum Gasteiger partial charge on any atom is -0.503 e. The zero-order valence-corrected chi connectivity index (χ0v) is 16.8. The summed E-state index contributed by atoms with van der Waals surface area (Å²) in [5.41, 5.74) is 0.120. The third-order valence-electron chi connectivity index (χ3n) is 4.88. The first-order chi connectivity index (χ1) is 13.6. The van der Waals surface area contributed by atoms with Crippen LogP contribution in [0.3, 0.4) is 0 Å². The molecule has 148 valence electrons. The van der Waals surface area contributed by atoms with Gasteiger partial charge in [0.2, 0.25) is 0 Å². The number of carbonyl (C=O) groups excluding carboxylic acids is 2. The van der Waals surface area contributed by atoms with Crippen molar-refractivity contribution in [2.75, 3.05) is 26.2 Å². The Morgan fingerprint density at radius 3 is 2.71 bits per heavy atom. The SMILES string of the molecule is CCN(CC)CCN1C(=O)C(O)=C(C(=O)/C=C/c2ccco2)C1c1cccs1. The van der Waals surface area contributed by atoms with Crippen LogP contribution in [0, 0.1) is 0 Å². The van der Waals surface area contributed by atoms with Gasteiger partial charge in [-0.15, -0.1) is 11.3 Å². The van der Waals surface area contributed by atoms with Crippen LogP contribution in [0.1, 0.15) is 30.5 Å². The van der Waals surface area contributed by atoms with Gasteiger partial charge in [-0.05, 0) is 48.8 Å². The number of amides is 1. The van der Waals surface area contributed by atoms with Crippen molar-refractivity contribution in [3.63, 3.8) is 0 Å². The minimum absolute atomic E-state index is 0.120. The molecule has 2 aromatic rings. The fourth-order valence-electron chi connectivity index (χ4n) is 3.30. The van der Waals surface area contributed by atoms with Crippen LogP contribution in [-0.4, -0.2) is 52.8 Å². The second-order valence-corrected chi connectivity index (χ2v) is 7.40. The van der Waals surface area contributed by atoms with Gasteiger partial charge in [0.05, 0.1) is 17.9 Å². The molecule has 0 saturated carbocycles. The van der Waals surface area contributed by atoms with E-state index in [-0.39, 0.29) is 5.57 Å². The maximum Gasteiger partial charge on any atom is 0.290 e. The molecule has 1 aliphatic rings. The third-order valence-corrected chi connectivity index (χ3v) is 5.80. The Morgan fingerprint density at radius 1 is 1.32 bits per heavy atom. The molecule has 0 radical (unpaired) electrons. The van der Waals surface area contributed by atoms with E-state index in [1.165, 1.54) is 29.8 Å². The largest absolute Gasteiger partial charge is 0.503 e. The molecule has 0 bridgehead atoms. The van der Waals surface area contributed by atoms with Crippen LogP contribution in [0.25, 0.3) is 6.08 Å². The highest BCUT2D eigenvalue weighted by atomic mass is 32.1. The number of aliphatic hydroxyl groups excluding tert-OH is 1. The molecule has 28 heavy (non-hydrogen) atoms. The predicted octanol–water partition coefficient (Wildman–Crippen LogP) is 3.66. The van der Waals surface area contributed by atoms with E-state index in [9.17, 15) is 14.7 Å². The molecule has 0 fully saturated rings. The molecular weight excluding hydrogens is 376 g/mol. The Bertz CT molecular complexity index is 864. The van der Waals surface area contributed by atoms with Crippen LogP contribution < -0.4 is 0 Å². The maximum absolute atomic E-state index is 12.9. The van der Waals surface area contributed by atoms with Gasteiger partial charge in [0.1, 0.15) is 5.76 Å². The fourth-order valence-corrected chi connectivity index (χ4v) is 4.15. The van der Waals surface area contributed by atoms with E-state index in [4.69, 9.17) is 4.42 Å². The van der Waals surface area contributed by atoms with Crippen LogP contribution >= 0.6 is 11.3 Å². The summed E-state index contributed by atoms with van der Waals surface area (Å²) in [6.45, 7) is 6.99. The molecule has 1 aliphatic heterocycles. The van der Waals surface area contributed by atoms with Crippen LogP contribution in [-0.2, 0) is 9.59 Å². The average molecular weight is 401 g/mol. The van der Waals surface area contributed by atoms with Gasteiger partial charge in [-0.25, -0.2) is 0 Å². The lowest BCUT2D eigenvalue weighted by atomic mass is 10.0. The number of ketones is 1. The number of aliphatic hydroxyl groups is 1. The molecule has 7 heteroatoms. The second kappa shape index (κ2) is 9.03. The van der Waals surface area contributed by atoms with Crippen LogP contribution in [0.15, 0.2) is 57.7 Å². The smallest absolute Gasteiger partial charge is 0.290 e. The third kappa shape index (κ3) is 4.10. The molecule has 1 atom stereocenters. The number of carbonyl (C=O) groups is 2. The molecule has 0 spiro atoms.